The minimum absolute atomic E-state index is 0.401. The maximum absolute atomic E-state index is 5.53. The van der Waals surface area contributed by atoms with Crippen molar-refractivity contribution in [3.05, 3.63) is 46.3 Å². The van der Waals surface area contributed by atoms with Crippen molar-refractivity contribution in [1.29, 1.82) is 0 Å². The molecule has 2 aromatic rings. The first-order chi connectivity index (χ1) is 13.8. The second-order valence-corrected chi connectivity index (χ2v) is 7.91. The van der Waals surface area contributed by atoms with E-state index in [0.29, 0.717) is 25.1 Å². The number of hydrogen-bond donors (Lipinski definition) is 2. The SMILES string of the molecule is CCCOc1ccc(CNC(=NC)NCC(c2cccs2)N2CCCC2)cn1. The van der Waals surface area contributed by atoms with E-state index in [9.17, 15) is 0 Å². The fourth-order valence-electron chi connectivity index (χ4n) is 3.35. The Morgan fingerprint density at radius 1 is 1.29 bits per heavy atom. The van der Waals surface area contributed by atoms with Crippen LogP contribution < -0.4 is 15.4 Å². The van der Waals surface area contributed by atoms with E-state index in [1.54, 1.807) is 0 Å². The van der Waals surface area contributed by atoms with Gasteiger partial charge in [-0.1, -0.05) is 19.1 Å². The van der Waals surface area contributed by atoms with E-state index in [0.717, 1.165) is 24.5 Å². The molecular weight excluding hydrogens is 370 g/mol. The number of rotatable bonds is 9. The van der Waals surface area contributed by atoms with Gasteiger partial charge in [-0.15, -0.1) is 11.3 Å². The molecule has 6 nitrogen and oxygen atoms in total. The molecule has 152 valence electrons. The maximum Gasteiger partial charge on any atom is 0.213 e. The van der Waals surface area contributed by atoms with Crippen molar-refractivity contribution in [1.82, 2.24) is 20.5 Å². The van der Waals surface area contributed by atoms with Gasteiger partial charge in [0.1, 0.15) is 0 Å². The van der Waals surface area contributed by atoms with Crippen LogP contribution in [0.1, 0.15) is 42.7 Å². The Balaban J connectivity index is 1.50. The quantitative estimate of drug-likeness (QED) is 0.498. The number of thiophene rings is 1. The predicted octanol–water partition coefficient (Wildman–Crippen LogP) is 3.43. The summed E-state index contributed by atoms with van der Waals surface area (Å²) in [7, 11) is 1.81. The zero-order valence-electron chi connectivity index (χ0n) is 16.9. The van der Waals surface area contributed by atoms with E-state index in [1.165, 1.54) is 30.8 Å². The highest BCUT2D eigenvalue weighted by Gasteiger charge is 2.24. The molecule has 1 aliphatic rings. The molecule has 0 spiro atoms. The van der Waals surface area contributed by atoms with Gasteiger partial charge in [0, 0.05) is 37.3 Å². The number of ether oxygens (including phenoxy) is 1. The summed E-state index contributed by atoms with van der Waals surface area (Å²) < 4.78 is 5.53. The fourth-order valence-corrected chi connectivity index (χ4v) is 4.21. The van der Waals surface area contributed by atoms with Crippen LogP contribution in [-0.4, -0.2) is 49.1 Å². The van der Waals surface area contributed by atoms with Crippen LogP contribution in [0.5, 0.6) is 5.88 Å². The smallest absolute Gasteiger partial charge is 0.213 e. The van der Waals surface area contributed by atoms with Crippen LogP contribution >= 0.6 is 11.3 Å². The van der Waals surface area contributed by atoms with Crippen LogP contribution in [0.2, 0.25) is 0 Å². The number of guanidine groups is 1. The number of hydrogen-bond acceptors (Lipinski definition) is 5. The summed E-state index contributed by atoms with van der Waals surface area (Å²) in [6.07, 6.45) is 5.42. The Morgan fingerprint density at radius 2 is 2.14 bits per heavy atom. The molecule has 3 heterocycles. The largest absolute Gasteiger partial charge is 0.478 e. The Bertz CT molecular complexity index is 711. The highest BCUT2D eigenvalue weighted by atomic mass is 32.1. The number of nitrogens with one attached hydrogen (secondary N) is 2. The number of pyridine rings is 1. The standard InChI is InChI=1S/C21H31N5OS/c1-3-12-27-20-9-8-17(14-23-20)15-24-21(22-2)25-16-18(19-7-6-13-28-19)26-10-4-5-11-26/h6-9,13-14,18H,3-5,10-12,15-16H2,1-2H3,(H2,22,24,25). The monoisotopic (exact) mass is 401 g/mol. The Morgan fingerprint density at radius 3 is 2.79 bits per heavy atom. The third-order valence-electron chi connectivity index (χ3n) is 4.85. The Labute approximate surface area is 172 Å². The lowest BCUT2D eigenvalue weighted by atomic mass is 10.2. The van der Waals surface area contributed by atoms with Crippen LogP contribution in [-0.2, 0) is 6.54 Å². The highest BCUT2D eigenvalue weighted by molar-refractivity contribution is 7.10. The minimum Gasteiger partial charge on any atom is -0.478 e. The van der Waals surface area contributed by atoms with Crippen molar-refractivity contribution >= 4 is 17.3 Å². The van der Waals surface area contributed by atoms with Crippen LogP contribution in [0.4, 0.5) is 0 Å². The lowest BCUT2D eigenvalue weighted by molar-refractivity contribution is 0.249. The molecule has 0 saturated carbocycles. The summed E-state index contributed by atoms with van der Waals surface area (Å²) in [6.45, 7) is 6.66. The van der Waals surface area contributed by atoms with Crippen molar-refractivity contribution < 1.29 is 4.74 Å². The van der Waals surface area contributed by atoms with Crippen molar-refractivity contribution in [2.24, 2.45) is 4.99 Å². The van der Waals surface area contributed by atoms with Gasteiger partial charge in [0.05, 0.1) is 12.6 Å². The van der Waals surface area contributed by atoms with Gasteiger partial charge in [-0.25, -0.2) is 4.98 Å². The van der Waals surface area contributed by atoms with E-state index in [2.05, 4.69) is 49.9 Å². The molecule has 0 radical (unpaired) electrons. The number of likely N-dealkylation sites (tertiary alicyclic amines) is 1. The molecule has 1 atom stereocenters. The molecule has 0 aromatic carbocycles. The number of nitrogens with zero attached hydrogens (tertiary/aromatic N) is 3. The Hall–Kier alpha value is -2.12. The van der Waals surface area contributed by atoms with Crippen molar-refractivity contribution in [2.45, 2.75) is 38.8 Å². The van der Waals surface area contributed by atoms with E-state index < -0.39 is 0 Å². The van der Waals surface area contributed by atoms with Crippen molar-refractivity contribution in [3.63, 3.8) is 0 Å². The average molecular weight is 402 g/mol. The molecule has 1 aliphatic heterocycles. The first-order valence-corrected chi connectivity index (χ1v) is 11.0. The lowest BCUT2D eigenvalue weighted by Gasteiger charge is -2.27. The van der Waals surface area contributed by atoms with E-state index >= 15 is 0 Å². The second-order valence-electron chi connectivity index (χ2n) is 6.93. The molecule has 0 amide bonds. The summed E-state index contributed by atoms with van der Waals surface area (Å²) in [5, 5.41) is 9.04. The fraction of sp³-hybridized carbons (Fsp3) is 0.524. The first kappa shape index (κ1) is 20.6. The normalized spacial score (nSPS) is 16.1. The molecule has 2 N–H and O–H groups in total. The minimum atomic E-state index is 0.401. The summed E-state index contributed by atoms with van der Waals surface area (Å²) in [5.41, 5.74) is 1.10. The van der Waals surface area contributed by atoms with Crippen molar-refractivity contribution in [2.75, 3.05) is 33.3 Å². The van der Waals surface area contributed by atoms with E-state index in [4.69, 9.17) is 4.74 Å². The van der Waals surface area contributed by atoms with Crippen LogP contribution in [0, 0.1) is 0 Å². The van der Waals surface area contributed by atoms with Gasteiger partial charge in [-0.2, -0.15) is 0 Å². The molecule has 0 aliphatic carbocycles. The van der Waals surface area contributed by atoms with Crippen LogP contribution in [0.3, 0.4) is 0 Å². The zero-order chi connectivity index (χ0) is 19.6. The molecular formula is C21H31N5OS. The van der Waals surface area contributed by atoms with Gasteiger partial charge < -0.3 is 15.4 Å². The second kappa shape index (κ2) is 11.0. The molecule has 2 aromatic heterocycles. The number of aromatic nitrogens is 1. The lowest BCUT2D eigenvalue weighted by Crippen LogP contribution is -2.42. The first-order valence-electron chi connectivity index (χ1n) is 10.1. The van der Waals surface area contributed by atoms with E-state index in [-0.39, 0.29) is 0 Å². The van der Waals surface area contributed by atoms with Gasteiger partial charge in [0.15, 0.2) is 5.96 Å². The molecule has 1 fully saturated rings. The van der Waals surface area contributed by atoms with Gasteiger partial charge >= 0.3 is 0 Å². The molecule has 0 bridgehead atoms. The van der Waals surface area contributed by atoms with Crippen LogP contribution in [0.25, 0.3) is 0 Å². The van der Waals surface area contributed by atoms with Gasteiger partial charge in [0.25, 0.3) is 0 Å². The molecule has 1 unspecified atom stereocenters. The van der Waals surface area contributed by atoms with Gasteiger partial charge in [0.2, 0.25) is 5.88 Å². The van der Waals surface area contributed by atoms with Crippen LogP contribution in [0.15, 0.2) is 40.8 Å². The number of aliphatic imine (C=N–C) groups is 1. The van der Waals surface area contributed by atoms with Gasteiger partial charge in [-0.3, -0.25) is 9.89 Å². The average Bonchev–Trinajstić information content (AvgIpc) is 3.44. The third kappa shape index (κ3) is 5.94. The van der Waals surface area contributed by atoms with Gasteiger partial charge in [-0.05, 0) is 49.4 Å². The molecule has 28 heavy (non-hydrogen) atoms. The van der Waals surface area contributed by atoms with E-state index in [1.807, 2.05) is 36.7 Å². The molecule has 3 rings (SSSR count). The summed E-state index contributed by atoms with van der Waals surface area (Å²) in [4.78, 5) is 12.7. The highest BCUT2D eigenvalue weighted by Crippen LogP contribution is 2.27. The maximum atomic E-state index is 5.53. The summed E-state index contributed by atoms with van der Waals surface area (Å²) in [5.74, 6) is 1.49. The zero-order valence-corrected chi connectivity index (χ0v) is 17.7. The van der Waals surface area contributed by atoms with Crippen molar-refractivity contribution in [3.8, 4) is 5.88 Å². The Kier molecular flexibility index (Phi) is 8.11. The third-order valence-corrected chi connectivity index (χ3v) is 5.82. The molecule has 7 heteroatoms. The summed E-state index contributed by atoms with van der Waals surface area (Å²) in [6, 6.07) is 8.73. The summed E-state index contributed by atoms with van der Waals surface area (Å²) >= 11 is 1.83. The molecule has 1 saturated heterocycles. The topological polar surface area (TPSA) is 61.8 Å². The predicted molar refractivity (Wildman–Crippen MR) is 116 cm³/mol.